The molecule has 0 aliphatic heterocycles. The molecule has 0 N–H and O–H groups in total. The van der Waals surface area contributed by atoms with Gasteiger partial charge in [0.2, 0.25) is 0 Å². The van der Waals surface area contributed by atoms with E-state index in [-0.39, 0.29) is 0 Å². The largest absolute Gasteiger partial charge is 0.0836 e. The predicted octanol–water partition coefficient (Wildman–Crippen LogP) is 6.35. The smallest absolute Gasteiger partial charge is 0.0130 e. The molecule has 0 nitrogen and oxygen atoms in total. The van der Waals surface area contributed by atoms with E-state index < -0.39 is 0 Å². The molecule has 24 heavy (non-hydrogen) atoms. The van der Waals surface area contributed by atoms with E-state index in [0.29, 0.717) is 5.92 Å². The maximum absolute atomic E-state index is 2.37. The molecule has 0 heterocycles. The Bertz CT molecular complexity index is 974. The number of aryl methyl sites for hydroxylation is 1. The van der Waals surface area contributed by atoms with Crippen molar-refractivity contribution in [2.75, 3.05) is 0 Å². The highest BCUT2D eigenvalue weighted by Gasteiger charge is 2.21. The van der Waals surface area contributed by atoms with Gasteiger partial charge in [0.25, 0.3) is 0 Å². The van der Waals surface area contributed by atoms with Crippen LogP contribution in [0.3, 0.4) is 0 Å². The summed E-state index contributed by atoms with van der Waals surface area (Å²) in [5.74, 6) is 0.478. The topological polar surface area (TPSA) is 0 Å². The fourth-order valence-corrected chi connectivity index (χ4v) is 4.34. The molecule has 0 amide bonds. The van der Waals surface area contributed by atoms with Crippen LogP contribution in [-0.2, 0) is 6.42 Å². The molecule has 0 bridgehead atoms. The Balaban J connectivity index is 1.74. The van der Waals surface area contributed by atoms with Gasteiger partial charge >= 0.3 is 0 Å². The lowest BCUT2D eigenvalue weighted by Gasteiger charge is -2.25. The molecule has 0 heteroatoms. The van der Waals surface area contributed by atoms with Gasteiger partial charge in [0.05, 0.1) is 0 Å². The van der Waals surface area contributed by atoms with E-state index in [1.165, 1.54) is 38.6 Å². The monoisotopic (exact) mass is 308 g/mol. The fraction of sp³-hybridized carbons (Fsp3) is 0.167. The van der Waals surface area contributed by atoms with Crippen molar-refractivity contribution >= 4 is 22.9 Å². The van der Waals surface area contributed by atoms with Gasteiger partial charge in [0.1, 0.15) is 0 Å². The Morgan fingerprint density at radius 1 is 0.750 bits per heavy atom. The number of allylic oxidation sites excluding steroid dienone is 2. The number of hydrogen-bond donors (Lipinski definition) is 0. The Labute approximate surface area is 143 Å². The molecule has 0 aromatic heterocycles. The van der Waals surface area contributed by atoms with E-state index in [2.05, 4.69) is 78.9 Å². The third-order valence-corrected chi connectivity index (χ3v) is 5.52. The average molecular weight is 308 g/mol. The van der Waals surface area contributed by atoms with Crippen LogP contribution in [-0.4, -0.2) is 0 Å². The van der Waals surface area contributed by atoms with Gasteiger partial charge in [0.15, 0.2) is 0 Å². The highest BCUT2D eigenvalue weighted by molar-refractivity contribution is 5.97. The third-order valence-electron chi connectivity index (χ3n) is 5.52. The second-order valence-corrected chi connectivity index (χ2v) is 6.84. The number of rotatable bonds is 1. The highest BCUT2D eigenvalue weighted by Crippen LogP contribution is 2.40. The van der Waals surface area contributed by atoms with Crippen molar-refractivity contribution in [3.8, 4) is 0 Å². The van der Waals surface area contributed by atoms with E-state index in [4.69, 9.17) is 0 Å². The molecule has 1 unspecified atom stereocenters. The lowest BCUT2D eigenvalue weighted by atomic mass is 9.79. The van der Waals surface area contributed by atoms with Crippen molar-refractivity contribution in [1.82, 2.24) is 0 Å². The average Bonchev–Trinajstić information content (AvgIpc) is 2.67. The van der Waals surface area contributed by atoms with Crippen LogP contribution in [0.2, 0.25) is 0 Å². The minimum Gasteiger partial charge on any atom is -0.0836 e. The summed E-state index contributed by atoms with van der Waals surface area (Å²) in [7, 11) is 0. The minimum atomic E-state index is 0.478. The van der Waals surface area contributed by atoms with Crippen molar-refractivity contribution in [1.29, 1.82) is 0 Å². The molecule has 2 aliphatic carbocycles. The second kappa shape index (κ2) is 5.49. The molecule has 0 spiro atoms. The molecule has 0 saturated carbocycles. The first-order valence-electron chi connectivity index (χ1n) is 8.88. The molecular formula is C24H20. The van der Waals surface area contributed by atoms with Crippen molar-refractivity contribution in [2.45, 2.75) is 25.2 Å². The molecule has 2 aliphatic rings. The van der Waals surface area contributed by atoms with Crippen LogP contribution >= 0.6 is 0 Å². The molecule has 5 rings (SSSR count). The molecule has 3 aromatic carbocycles. The summed E-state index contributed by atoms with van der Waals surface area (Å²) in [6, 6.07) is 20.3. The quantitative estimate of drug-likeness (QED) is 0.491. The second-order valence-electron chi connectivity index (χ2n) is 6.84. The lowest BCUT2D eigenvalue weighted by Crippen LogP contribution is -2.07. The lowest BCUT2D eigenvalue weighted by molar-refractivity contribution is 0.821. The van der Waals surface area contributed by atoms with E-state index in [9.17, 15) is 0 Å². The third kappa shape index (κ3) is 2.06. The zero-order chi connectivity index (χ0) is 15.9. The van der Waals surface area contributed by atoms with Gasteiger partial charge in [-0.05, 0) is 57.9 Å². The maximum Gasteiger partial charge on any atom is 0.0130 e. The fourth-order valence-electron chi connectivity index (χ4n) is 4.34. The van der Waals surface area contributed by atoms with Gasteiger partial charge in [-0.25, -0.2) is 0 Å². The Kier molecular flexibility index (Phi) is 3.16. The minimum absolute atomic E-state index is 0.478. The van der Waals surface area contributed by atoms with Crippen molar-refractivity contribution < 1.29 is 0 Å². The van der Waals surface area contributed by atoms with E-state index in [1.54, 1.807) is 0 Å². The summed E-state index contributed by atoms with van der Waals surface area (Å²) in [6.45, 7) is 0. The van der Waals surface area contributed by atoms with Gasteiger partial charge in [-0.2, -0.15) is 0 Å². The zero-order valence-electron chi connectivity index (χ0n) is 13.7. The van der Waals surface area contributed by atoms with Crippen LogP contribution in [0, 0.1) is 0 Å². The number of benzene rings is 3. The predicted molar refractivity (Wildman–Crippen MR) is 103 cm³/mol. The summed E-state index contributed by atoms with van der Waals surface area (Å²) in [4.78, 5) is 0. The summed E-state index contributed by atoms with van der Waals surface area (Å²) >= 11 is 0. The normalized spacial score (nSPS) is 18.4. The number of fused-ring (bicyclic) bond motifs is 5. The van der Waals surface area contributed by atoms with Gasteiger partial charge in [-0.15, -0.1) is 0 Å². The maximum atomic E-state index is 2.37. The molecule has 0 radical (unpaired) electrons. The molecule has 3 aromatic rings. The molecule has 1 atom stereocenters. The first-order chi connectivity index (χ1) is 11.9. The summed E-state index contributed by atoms with van der Waals surface area (Å²) < 4.78 is 0. The zero-order valence-corrected chi connectivity index (χ0v) is 13.7. The summed E-state index contributed by atoms with van der Waals surface area (Å²) in [5, 5.41) is 2.85. The molecule has 0 fully saturated rings. The van der Waals surface area contributed by atoms with Crippen LogP contribution in [0.15, 0.2) is 66.7 Å². The van der Waals surface area contributed by atoms with Crippen LogP contribution in [0.1, 0.15) is 46.6 Å². The SMILES string of the molecule is C1=Cc2ccc3c4c(ccc3c2CC1)C(c1ccccc1)CC=C4. The number of hydrogen-bond acceptors (Lipinski definition) is 0. The van der Waals surface area contributed by atoms with E-state index in [1.807, 2.05) is 0 Å². The Morgan fingerprint density at radius 2 is 1.62 bits per heavy atom. The van der Waals surface area contributed by atoms with Crippen LogP contribution in [0.25, 0.3) is 22.9 Å². The summed E-state index contributed by atoms with van der Waals surface area (Å²) in [5.41, 5.74) is 7.23. The Hall–Kier alpha value is -2.60. The van der Waals surface area contributed by atoms with Crippen LogP contribution in [0.4, 0.5) is 0 Å². The highest BCUT2D eigenvalue weighted by atomic mass is 14.2. The molecule has 116 valence electrons. The van der Waals surface area contributed by atoms with Gasteiger partial charge in [0, 0.05) is 5.92 Å². The van der Waals surface area contributed by atoms with Crippen molar-refractivity contribution in [3.05, 3.63) is 94.6 Å². The van der Waals surface area contributed by atoms with Crippen molar-refractivity contribution in [3.63, 3.8) is 0 Å². The van der Waals surface area contributed by atoms with Gasteiger partial charge < -0.3 is 0 Å². The Morgan fingerprint density at radius 3 is 2.54 bits per heavy atom. The standard InChI is InChI=1S/C24H20/c1-2-7-17(8-3-1)20-11-6-12-21-22(20)15-16-23-19-10-5-4-9-18(19)13-14-24(21)23/h1-4,6-9,12-16,20H,5,10-11H2. The first kappa shape index (κ1) is 13.8. The van der Waals surface area contributed by atoms with Crippen LogP contribution in [0.5, 0.6) is 0 Å². The summed E-state index contributed by atoms with van der Waals surface area (Å²) in [6.07, 6.45) is 12.7. The first-order valence-corrected chi connectivity index (χ1v) is 8.88. The van der Waals surface area contributed by atoms with E-state index in [0.717, 1.165) is 19.3 Å². The molecular weight excluding hydrogens is 288 g/mol. The van der Waals surface area contributed by atoms with Gasteiger partial charge in [-0.1, -0.05) is 78.9 Å². The van der Waals surface area contributed by atoms with Crippen molar-refractivity contribution in [2.24, 2.45) is 0 Å². The van der Waals surface area contributed by atoms with Gasteiger partial charge in [-0.3, -0.25) is 0 Å². The van der Waals surface area contributed by atoms with Crippen LogP contribution < -0.4 is 0 Å². The van der Waals surface area contributed by atoms with E-state index >= 15 is 0 Å². The molecule has 0 saturated heterocycles.